The molecule has 1 aliphatic heterocycles. The summed E-state index contributed by atoms with van der Waals surface area (Å²) in [5, 5.41) is 3.29. The van der Waals surface area contributed by atoms with Crippen molar-refractivity contribution in [2.45, 2.75) is 45.2 Å². The predicted molar refractivity (Wildman–Crippen MR) is 98.9 cm³/mol. The third-order valence-electron chi connectivity index (χ3n) is 5.59. The van der Waals surface area contributed by atoms with Crippen molar-refractivity contribution in [2.24, 2.45) is 5.92 Å². The number of piperazine rings is 1. The summed E-state index contributed by atoms with van der Waals surface area (Å²) in [4.78, 5) is 16.8. The van der Waals surface area contributed by atoms with Crippen molar-refractivity contribution < 1.29 is 14.6 Å². The Kier molecular flexibility index (Phi) is 6.56. The average Bonchev–Trinajstić information content (AvgIpc) is 2.96. The summed E-state index contributed by atoms with van der Waals surface area (Å²) in [6.45, 7) is 8.42. The quantitative estimate of drug-likeness (QED) is 0.688. The lowest BCUT2D eigenvalue weighted by molar-refractivity contribution is -1.01. The summed E-state index contributed by atoms with van der Waals surface area (Å²) in [5.41, 5.74) is 0. The van der Waals surface area contributed by atoms with Crippen LogP contribution < -0.4 is 15.1 Å². The van der Waals surface area contributed by atoms with E-state index in [9.17, 15) is 4.79 Å². The van der Waals surface area contributed by atoms with E-state index in [0.29, 0.717) is 18.5 Å². The average molecular weight is 372 g/mol. The van der Waals surface area contributed by atoms with Crippen LogP contribution in [0.3, 0.4) is 0 Å². The molecule has 0 bridgehead atoms. The van der Waals surface area contributed by atoms with Crippen LogP contribution >= 0.6 is 22.9 Å². The number of carbonyl (C=O) groups is 1. The van der Waals surface area contributed by atoms with Gasteiger partial charge >= 0.3 is 0 Å². The lowest BCUT2D eigenvalue weighted by Crippen LogP contribution is -3.28. The number of rotatable bonds is 5. The van der Waals surface area contributed by atoms with Crippen LogP contribution in [0.1, 0.15) is 37.5 Å². The van der Waals surface area contributed by atoms with Crippen molar-refractivity contribution in [3.8, 4) is 0 Å². The monoisotopic (exact) mass is 371 g/mol. The standard InChI is InChI=1S/C18H28ClN3OS/c1-14-4-2-3-5-16(14)20-18(23)13-22-10-8-21(9-11-22)12-15-6-7-17(19)24-15/h6-7,14,16H,2-5,8-13H2,1H3,(H,20,23)/p+2/t14-,16+/m1/s1. The molecule has 0 unspecified atom stereocenters. The first-order valence-corrected chi connectivity index (χ1v) is 10.5. The molecule has 3 N–H and O–H groups in total. The molecule has 24 heavy (non-hydrogen) atoms. The highest BCUT2D eigenvalue weighted by atomic mass is 35.5. The topological polar surface area (TPSA) is 38.0 Å². The van der Waals surface area contributed by atoms with Gasteiger partial charge in [0.25, 0.3) is 5.91 Å². The van der Waals surface area contributed by atoms with Gasteiger partial charge < -0.3 is 15.1 Å². The lowest BCUT2D eigenvalue weighted by atomic mass is 9.86. The lowest BCUT2D eigenvalue weighted by Gasteiger charge is -2.31. The van der Waals surface area contributed by atoms with Crippen molar-refractivity contribution >= 4 is 28.8 Å². The largest absolute Gasteiger partial charge is 0.348 e. The third kappa shape index (κ3) is 5.19. The fourth-order valence-electron chi connectivity index (χ4n) is 4.02. The molecule has 2 atom stereocenters. The van der Waals surface area contributed by atoms with E-state index in [2.05, 4.69) is 18.3 Å². The molecular weight excluding hydrogens is 342 g/mol. The molecule has 1 saturated carbocycles. The zero-order chi connectivity index (χ0) is 16.9. The molecule has 1 aliphatic carbocycles. The summed E-state index contributed by atoms with van der Waals surface area (Å²) < 4.78 is 0.877. The SMILES string of the molecule is C[C@@H]1CCCC[C@@H]1NC(=O)C[NH+]1CC[NH+](Cc2ccc(Cl)s2)CC1. The molecule has 2 fully saturated rings. The van der Waals surface area contributed by atoms with Crippen LogP contribution in [0.5, 0.6) is 0 Å². The summed E-state index contributed by atoms with van der Waals surface area (Å²) in [7, 11) is 0. The number of hydrogen-bond donors (Lipinski definition) is 3. The van der Waals surface area contributed by atoms with Crippen LogP contribution in [0.25, 0.3) is 0 Å². The zero-order valence-electron chi connectivity index (χ0n) is 14.6. The molecule has 2 heterocycles. The summed E-state index contributed by atoms with van der Waals surface area (Å²) in [6, 6.07) is 4.53. The summed E-state index contributed by atoms with van der Waals surface area (Å²) in [5.74, 6) is 0.883. The minimum absolute atomic E-state index is 0.247. The number of amides is 1. The number of hydrogen-bond acceptors (Lipinski definition) is 2. The molecule has 0 spiro atoms. The molecule has 0 aromatic carbocycles. The summed E-state index contributed by atoms with van der Waals surface area (Å²) >= 11 is 7.70. The maximum atomic E-state index is 12.3. The number of thiophene rings is 1. The van der Waals surface area contributed by atoms with E-state index in [1.165, 1.54) is 29.0 Å². The maximum Gasteiger partial charge on any atom is 0.275 e. The van der Waals surface area contributed by atoms with Crippen LogP contribution in [0.15, 0.2) is 12.1 Å². The van der Waals surface area contributed by atoms with Crippen LogP contribution in [0.4, 0.5) is 0 Å². The Morgan fingerprint density at radius 1 is 1.21 bits per heavy atom. The van der Waals surface area contributed by atoms with Gasteiger partial charge in [-0.1, -0.05) is 31.4 Å². The smallest absolute Gasteiger partial charge is 0.275 e. The van der Waals surface area contributed by atoms with Gasteiger partial charge in [0.1, 0.15) is 32.7 Å². The molecule has 1 aromatic rings. The number of nitrogens with one attached hydrogen (secondary N) is 3. The molecule has 0 radical (unpaired) electrons. The van der Waals surface area contributed by atoms with E-state index in [1.54, 1.807) is 16.2 Å². The molecule has 4 nitrogen and oxygen atoms in total. The van der Waals surface area contributed by atoms with E-state index in [1.807, 2.05) is 6.07 Å². The molecule has 134 valence electrons. The normalized spacial score (nSPS) is 30.9. The minimum Gasteiger partial charge on any atom is -0.348 e. The van der Waals surface area contributed by atoms with Gasteiger partial charge in [-0.25, -0.2) is 0 Å². The maximum absolute atomic E-state index is 12.3. The number of quaternary nitrogens is 2. The van der Waals surface area contributed by atoms with Gasteiger partial charge in [0.05, 0.1) is 9.21 Å². The zero-order valence-corrected chi connectivity index (χ0v) is 16.1. The molecular formula is C18H30ClN3OS+2. The first kappa shape index (κ1) is 18.2. The third-order valence-corrected chi connectivity index (χ3v) is 6.82. The second-order valence-electron chi connectivity index (χ2n) is 7.50. The summed E-state index contributed by atoms with van der Waals surface area (Å²) in [6.07, 6.45) is 4.99. The van der Waals surface area contributed by atoms with Crippen LogP contribution in [0, 0.1) is 5.92 Å². The fourth-order valence-corrected chi connectivity index (χ4v) is 5.18. The highest BCUT2D eigenvalue weighted by Crippen LogP contribution is 2.23. The van der Waals surface area contributed by atoms with Crippen molar-refractivity contribution in [1.29, 1.82) is 0 Å². The highest BCUT2D eigenvalue weighted by Gasteiger charge is 2.27. The first-order valence-electron chi connectivity index (χ1n) is 9.31. The second kappa shape index (κ2) is 8.65. The number of carbonyl (C=O) groups excluding carboxylic acids is 1. The Hall–Kier alpha value is -0.620. The van der Waals surface area contributed by atoms with Gasteiger partial charge in [0.15, 0.2) is 6.54 Å². The van der Waals surface area contributed by atoms with E-state index in [-0.39, 0.29) is 5.91 Å². The molecule has 1 amide bonds. The van der Waals surface area contributed by atoms with Crippen molar-refractivity contribution in [3.63, 3.8) is 0 Å². The van der Waals surface area contributed by atoms with Crippen LogP contribution in [-0.4, -0.2) is 44.7 Å². The van der Waals surface area contributed by atoms with Crippen molar-refractivity contribution in [2.75, 3.05) is 32.7 Å². The number of halogens is 1. The predicted octanol–water partition coefficient (Wildman–Crippen LogP) is 0.380. The molecule has 1 saturated heterocycles. The molecule has 6 heteroatoms. The first-order chi connectivity index (χ1) is 11.6. The van der Waals surface area contributed by atoms with E-state index in [4.69, 9.17) is 11.6 Å². The Labute approximate surface area is 154 Å². The van der Waals surface area contributed by atoms with Crippen LogP contribution in [-0.2, 0) is 11.3 Å². The van der Waals surface area contributed by atoms with E-state index in [0.717, 1.165) is 43.5 Å². The minimum atomic E-state index is 0.247. The Morgan fingerprint density at radius 3 is 2.58 bits per heavy atom. The van der Waals surface area contributed by atoms with Gasteiger partial charge in [-0.05, 0) is 30.9 Å². The Morgan fingerprint density at radius 2 is 1.92 bits per heavy atom. The van der Waals surface area contributed by atoms with Crippen molar-refractivity contribution in [3.05, 3.63) is 21.3 Å². The van der Waals surface area contributed by atoms with Crippen LogP contribution in [0.2, 0.25) is 4.34 Å². The fraction of sp³-hybridized carbons (Fsp3) is 0.722. The Bertz CT molecular complexity index is 542. The second-order valence-corrected chi connectivity index (χ2v) is 9.29. The van der Waals surface area contributed by atoms with E-state index >= 15 is 0 Å². The van der Waals surface area contributed by atoms with Gasteiger partial charge in [-0.2, -0.15) is 0 Å². The molecule has 1 aromatic heterocycles. The molecule has 2 aliphatic rings. The van der Waals surface area contributed by atoms with E-state index < -0.39 is 0 Å². The van der Waals surface area contributed by atoms with Gasteiger partial charge in [-0.3, -0.25) is 4.79 Å². The van der Waals surface area contributed by atoms with Gasteiger partial charge in [-0.15, -0.1) is 11.3 Å². The highest BCUT2D eigenvalue weighted by molar-refractivity contribution is 7.16. The van der Waals surface area contributed by atoms with Crippen molar-refractivity contribution in [1.82, 2.24) is 5.32 Å². The molecule has 3 rings (SSSR count). The van der Waals surface area contributed by atoms with Gasteiger partial charge in [0, 0.05) is 6.04 Å². The Balaban J connectivity index is 1.37. The van der Waals surface area contributed by atoms with Gasteiger partial charge in [0.2, 0.25) is 0 Å².